The highest BCUT2D eigenvalue weighted by Gasteiger charge is 2.12. The van der Waals surface area contributed by atoms with Crippen LogP contribution in [0.3, 0.4) is 0 Å². The first-order valence-electron chi connectivity index (χ1n) is 6.52. The first-order valence-corrected chi connectivity index (χ1v) is 6.52. The lowest BCUT2D eigenvalue weighted by molar-refractivity contribution is 0.0638. The quantitative estimate of drug-likeness (QED) is 0.546. The molecule has 0 aliphatic heterocycles. The van der Waals surface area contributed by atoms with Crippen LogP contribution in [-0.2, 0) is 9.47 Å². The second kappa shape index (κ2) is 7.57. The molecule has 5 nitrogen and oxygen atoms in total. The van der Waals surface area contributed by atoms with Crippen molar-refractivity contribution < 1.29 is 14.3 Å². The van der Waals surface area contributed by atoms with Gasteiger partial charge in [-0.15, -0.1) is 0 Å². The van der Waals surface area contributed by atoms with Crippen molar-refractivity contribution in [1.29, 1.82) is 0 Å². The van der Waals surface area contributed by atoms with E-state index in [1.165, 1.54) is 0 Å². The van der Waals surface area contributed by atoms with E-state index >= 15 is 0 Å². The lowest BCUT2D eigenvalue weighted by atomic mass is 10.2. The third-order valence-corrected chi connectivity index (χ3v) is 2.83. The van der Waals surface area contributed by atoms with Gasteiger partial charge in [-0.25, -0.2) is 4.68 Å². The number of ketones is 1. The van der Waals surface area contributed by atoms with Gasteiger partial charge >= 0.3 is 0 Å². The summed E-state index contributed by atoms with van der Waals surface area (Å²) in [5.74, 6) is 0.0174. The normalized spacial score (nSPS) is 10.7. The van der Waals surface area contributed by atoms with Crippen LogP contribution in [0.15, 0.2) is 42.6 Å². The van der Waals surface area contributed by atoms with Gasteiger partial charge in [0.1, 0.15) is 5.69 Å². The largest absolute Gasteiger partial charge is 0.382 e. The maximum absolute atomic E-state index is 12.2. The summed E-state index contributed by atoms with van der Waals surface area (Å²) in [6, 6.07) is 11.3. The number of Topliss-reactive ketones (excluding diaryl/α,β-unsaturated/α-hetero) is 1. The second-order valence-electron chi connectivity index (χ2n) is 4.24. The molecule has 1 aromatic heterocycles. The number of hydrogen-bond donors (Lipinski definition) is 0. The van der Waals surface area contributed by atoms with E-state index in [0.717, 1.165) is 5.69 Å². The predicted molar refractivity (Wildman–Crippen MR) is 75.2 cm³/mol. The minimum atomic E-state index is 0.0174. The van der Waals surface area contributed by atoms with E-state index in [4.69, 9.17) is 9.47 Å². The number of aromatic nitrogens is 2. The summed E-state index contributed by atoms with van der Waals surface area (Å²) >= 11 is 0. The van der Waals surface area contributed by atoms with Gasteiger partial charge in [-0.2, -0.15) is 5.10 Å². The molecule has 20 heavy (non-hydrogen) atoms. The Morgan fingerprint density at radius 3 is 2.70 bits per heavy atom. The zero-order valence-electron chi connectivity index (χ0n) is 11.5. The molecule has 0 radical (unpaired) electrons. The van der Waals surface area contributed by atoms with Gasteiger partial charge < -0.3 is 9.47 Å². The van der Waals surface area contributed by atoms with Crippen LogP contribution >= 0.6 is 0 Å². The summed E-state index contributed by atoms with van der Waals surface area (Å²) < 4.78 is 11.8. The van der Waals surface area contributed by atoms with Crippen molar-refractivity contribution >= 4 is 5.78 Å². The van der Waals surface area contributed by atoms with Gasteiger partial charge in [-0.3, -0.25) is 4.79 Å². The number of benzene rings is 1. The van der Waals surface area contributed by atoms with Crippen LogP contribution in [0.5, 0.6) is 0 Å². The summed E-state index contributed by atoms with van der Waals surface area (Å²) in [6.45, 7) is 1.43. The Labute approximate surface area is 118 Å². The molecular formula is C15H18N2O3. The Balaban J connectivity index is 1.96. The predicted octanol–water partition coefficient (Wildman–Crippen LogP) is 2.11. The molecule has 0 spiro atoms. The number of carbonyl (C=O) groups is 1. The highest BCUT2D eigenvalue weighted by Crippen LogP contribution is 2.11. The van der Waals surface area contributed by atoms with Gasteiger partial charge in [0.25, 0.3) is 0 Å². The molecule has 1 aromatic carbocycles. The highest BCUT2D eigenvalue weighted by molar-refractivity contribution is 5.95. The number of hydrogen-bond acceptors (Lipinski definition) is 4. The minimum absolute atomic E-state index is 0.0174. The standard InChI is InChI=1S/C15H18N2O3/c1-19-11-12-20-10-8-15(18)14-7-9-16-17(14)13-5-3-2-4-6-13/h2-7,9H,8,10-12H2,1H3. The molecular weight excluding hydrogens is 256 g/mol. The molecule has 0 aliphatic rings. The first-order chi connectivity index (χ1) is 9.83. The van der Waals surface area contributed by atoms with Gasteiger partial charge in [0.05, 0.1) is 31.7 Å². The van der Waals surface area contributed by atoms with Crippen molar-refractivity contribution in [3.63, 3.8) is 0 Å². The number of methoxy groups -OCH3 is 1. The molecule has 0 saturated carbocycles. The lowest BCUT2D eigenvalue weighted by Crippen LogP contribution is -2.12. The third-order valence-electron chi connectivity index (χ3n) is 2.83. The number of para-hydroxylation sites is 1. The van der Waals surface area contributed by atoms with Crippen molar-refractivity contribution in [3.05, 3.63) is 48.3 Å². The van der Waals surface area contributed by atoms with Gasteiger partial charge in [-0.1, -0.05) is 18.2 Å². The fourth-order valence-electron chi connectivity index (χ4n) is 1.83. The Morgan fingerprint density at radius 2 is 1.95 bits per heavy atom. The van der Waals surface area contributed by atoms with E-state index in [1.807, 2.05) is 30.3 Å². The van der Waals surface area contributed by atoms with Gasteiger partial charge in [-0.05, 0) is 18.2 Å². The topological polar surface area (TPSA) is 53.4 Å². The molecule has 2 aromatic rings. The zero-order chi connectivity index (χ0) is 14.2. The minimum Gasteiger partial charge on any atom is -0.382 e. The molecule has 0 saturated heterocycles. The summed E-state index contributed by atoms with van der Waals surface area (Å²) in [5, 5.41) is 4.20. The molecule has 2 rings (SSSR count). The van der Waals surface area contributed by atoms with Crippen LogP contribution in [0.4, 0.5) is 0 Å². The van der Waals surface area contributed by atoms with Crippen molar-refractivity contribution in [2.24, 2.45) is 0 Å². The molecule has 0 amide bonds. The second-order valence-corrected chi connectivity index (χ2v) is 4.24. The SMILES string of the molecule is COCCOCCC(=O)c1ccnn1-c1ccccc1. The Bertz CT molecular complexity index is 537. The third kappa shape index (κ3) is 3.76. The van der Waals surface area contributed by atoms with Crippen LogP contribution in [0, 0.1) is 0 Å². The summed E-state index contributed by atoms with van der Waals surface area (Å²) in [6.07, 6.45) is 1.97. The van der Waals surface area contributed by atoms with E-state index in [9.17, 15) is 4.79 Å². The van der Waals surface area contributed by atoms with Crippen molar-refractivity contribution in [3.8, 4) is 5.69 Å². The van der Waals surface area contributed by atoms with Crippen molar-refractivity contribution in [2.75, 3.05) is 26.9 Å². The molecule has 0 unspecified atom stereocenters. The number of carbonyl (C=O) groups excluding carboxylic acids is 1. The molecule has 1 heterocycles. The van der Waals surface area contributed by atoms with E-state index in [2.05, 4.69) is 5.10 Å². The summed E-state index contributed by atoms with van der Waals surface area (Å²) in [5.41, 5.74) is 1.45. The van der Waals surface area contributed by atoms with Crippen LogP contribution in [0.1, 0.15) is 16.9 Å². The maximum atomic E-state index is 12.2. The fourth-order valence-corrected chi connectivity index (χ4v) is 1.83. The first kappa shape index (κ1) is 14.4. The maximum Gasteiger partial charge on any atom is 0.183 e. The molecule has 106 valence electrons. The van der Waals surface area contributed by atoms with Crippen LogP contribution in [0.2, 0.25) is 0 Å². The number of rotatable bonds is 8. The van der Waals surface area contributed by atoms with Crippen LogP contribution < -0.4 is 0 Å². The molecule has 0 N–H and O–H groups in total. The summed E-state index contributed by atoms with van der Waals surface area (Å²) in [4.78, 5) is 12.2. The highest BCUT2D eigenvalue weighted by atomic mass is 16.5. The molecule has 0 aliphatic carbocycles. The zero-order valence-corrected chi connectivity index (χ0v) is 11.5. The van der Waals surface area contributed by atoms with Crippen molar-refractivity contribution in [1.82, 2.24) is 9.78 Å². The number of ether oxygens (including phenoxy) is 2. The Morgan fingerprint density at radius 1 is 1.15 bits per heavy atom. The van der Waals surface area contributed by atoms with E-state index in [1.54, 1.807) is 24.1 Å². The average molecular weight is 274 g/mol. The average Bonchev–Trinajstić information content (AvgIpc) is 2.97. The lowest BCUT2D eigenvalue weighted by Gasteiger charge is -2.07. The Hall–Kier alpha value is -1.98. The van der Waals surface area contributed by atoms with E-state index in [-0.39, 0.29) is 5.78 Å². The monoisotopic (exact) mass is 274 g/mol. The van der Waals surface area contributed by atoms with E-state index in [0.29, 0.717) is 31.9 Å². The molecule has 0 fully saturated rings. The van der Waals surface area contributed by atoms with Crippen molar-refractivity contribution in [2.45, 2.75) is 6.42 Å². The molecule has 0 bridgehead atoms. The number of nitrogens with zero attached hydrogens (tertiary/aromatic N) is 2. The van der Waals surface area contributed by atoms with Crippen LogP contribution in [-0.4, -0.2) is 42.5 Å². The van der Waals surface area contributed by atoms with Crippen LogP contribution in [0.25, 0.3) is 5.69 Å². The molecule has 5 heteroatoms. The smallest absolute Gasteiger partial charge is 0.183 e. The van der Waals surface area contributed by atoms with E-state index < -0.39 is 0 Å². The molecule has 0 atom stereocenters. The van der Waals surface area contributed by atoms with Gasteiger partial charge in [0, 0.05) is 13.5 Å². The summed E-state index contributed by atoms with van der Waals surface area (Å²) in [7, 11) is 1.62. The van der Waals surface area contributed by atoms with Gasteiger partial charge in [0.2, 0.25) is 0 Å². The van der Waals surface area contributed by atoms with Gasteiger partial charge in [0.15, 0.2) is 5.78 Å². The fraction of sp³-hybridized carbons (Fsp3) is 0.333. The Kier molecular flexibility index (Phi) is 5.46.